The Labute approximate surface area is 326 Å². The molecule has 2 unspecified atom stereocenters. The van der Waals surface area contributed by atoms with Crippen molar-refractivity contribution in [2.45, 2.75) is 164 Å². The van der Waals surface area contributed by atoms with Gasteiger partial charge in [0.15, 0.2) is 10.3 Å². The molecule has 16 saturated carbocycles. The zero-order chi connectivity index (χ0) is 36.0. The van der Waals surface area contributed by atoms with Gasteiger partial charge < -0.3 is 9.79 Å². The molecule has 54 heavy (non-hydrogen) atoms. The summed E-state index contributed by atoms with van der Waals surface area (Å²) in [5.41, 5.74) is 1.06. The Morgan fingerprint density at radius 3 is 0.685 bits per heavy atom. The molecule has 0 aromatic heterocycles. The maximum atomic E-state index is 15.7. The van der Waals surface area contributed by atoms with Gasteiger partial charge >= 0.3 is 16.1 Å². The van der Waals surface area contributed by atoms with Crippen molar-refractivity contribution >= 4 is 16.1 Å². The Kier molecular flexibility index (Phi) is 7.05. The van der Waals surface area contributed by atoms with Crippen LogP contribution in [0.25, 0.3) is 0 Å². The summed E-state index contributed by atoms with van der Waals surface area (Å²) >= 11 is 0. The fourth-order valence-electron chi connectivity index (χ4n) is 22.6. The van der Waals surface area contributed by atoms with Crippen LogP contribution in [0.1, 0.15) is 165 Å². The number of hydrogen-bond donors (Lipinski definition) is 0. The van der Waals surface area contributed by atoms with E-state index in [4.69, 9.17) is 0 Å². The summed E-state index contributed by atoms with van der Waals surface area (Å²) in [4.78, 5) is 31.4. The van der Waals surface area contributed by atoms with E-state index in [2.05, 4.69) is 24.3 Å². The van der Waals surface area contributed by atoms with Crippen LogP contribution in [0.2, 0.25) is 0 Å². The minimum absolute atomic E-state index is 0.276. The van der Waals surface area contributed by atoms with Crippen LogP contribution in [0.15, 0.2) is 24.3 Å². The summed E-state index contributed by atoms with van der Waals surface area (Å²) in [7, 11) is -5.78. The van der Waals surface area contributed by atoms with Gasteiger partial charge in [0.05, 0.1) is 0 Å². The summed E-state index contributed by atoms with van der Waals surface area (Å²) in [6.45, 7) is 0. The second-order valence-electron chi connectivity index (χ2n) is 24.3. The van der Waals surface area contributed by atoms with Gasteiger partial charge in [0.1, 0.15) is 0 Å². The van der Waals surface area contributed by atoms with E-state index in [9.17, 15) is 0 Å². The summed E-state index contributed by atoms with van der Waals surface area (Å²) in [5, 5.41) is -1.97. The molecule has 0 amide bonds. The molecular weight excluding hydrogens is 702 g/mol. The lowest BCUT2D eigenvalue weighted by Gasteiger charge is -2.71. The first-order chi connectivity index (χ1) is 26.1. The molecule has 16 bridgehead atoms. The number of rotatable bonds is 8. The third-order valence-corrected chi connectivity index (χ3v) is 25.0. The molecule has 0 spiro atoms. The van der Waals surface area contributed by atoms with E-state index in [0.717, 1.165) is 88.2 Å². The first-order valence-corrected chi connectivity index (χ1v) is 25.8. The van der Waals surface area contributed by atoms with Crippen LogP contribution in [-0.4, -0.2) is 0 Å². The standard InChI is InChI=1S/C48H64O4P2/c49-53(50)47(43-17-29-5-30(18-43)7-31(6-29)19-43,44-20-32-8-33(21-44)10-34(9-32)22-44)41-3-1-2-4-42(41)48(54(51)52,45-23-35-11-36(24-45)13-37(12-35)25-45)46-26-38-14-39(27-46)16-40(15-38)28-46/h1-4,29-40H,5-28H2. The van der Waals surface area contributed by atoms with E-state index in [1.165, 1.54) is 77.0 Å². The molecule has 0 aliphatic heterocycles. The van der Waals surface area contributed by atoms with Crippen molar-refractivity contribution in [2.24, 2.45) is 92.7 Å². The molecule has 1 aromatic rings. The molecule has 2 atom stereocenters. The highest BCUT2D eigenvalue weighted by atomic mass is 31.1. The topological polar surface area (TPSA) is 80.3 Å². The highest BCUT2D eigenvalue weighted by Crippen LogP contribution is 2.85. The summed E-state index contributed by atoms with van der Waals surface area (Å²) < 4.78 is 31.4. The maximum absolute atomic E-state index is 15.7. The second kappa shape index (κ2) is 11.1. The monoisotopic (exact) mass is 766 g/mol. The molecular formula is C48H64O4P2. The third-order valence-electron chi connectivity index (χ3n) is 21.5. The van der Waals surface area contributed by atoms with Gasteiger partial charge in [-0.1, -0.05) is 33.4 Å². The van der Waals surface area contributed by atoms with Crippen molar-refractivity contribution in [1.29, 1.82) is 0 Å². The Morgan fingerprint density at radius 2 is 0.537 bits per heavy atom. The van der Waals surface area contributed by atoms with Crippen LogP contribution < -0.4 is 9.79 Å². The quantitative estimate of drug-likeness (QED) is 0.247. The molecule has 17 rings (SSSR count). The Bertz CT molecular complexity index is 1450. The molecule has 0 saturated heterocycles. The average Bonchev–Trinajstić information content (AvgIpc) is 3.06. The van der Waals surface area contributed by atoms with Gasteiger partial charge in [0, 0.05) is 32.8 Å². The number of benzene rings is 1. The van der Waals surface area contributed by atoms with E-state index >= 15 is 18.9 Å². The first-order valence-electron chi connectivity index (χ1n) is 23.4. The lowest BCUT2D eigenvalue weighted by molar-refractivity contribution is -0.216. The summed E-state index contributed by atoms with van der Waals surface area (Å²) in [6, 6.07) is 9.03. The van der Waals surface area contributed by atoms with Gasteiger partial charge in [-0.15, -0.1) is 0 Å². The highest BCUT2D eigenvalue weighted by Gasteiger charge is 2.82. The molecule has 290 valence electrons. The van der Waals surface area contributed by atoms with Gasteiger partial charge in [-0.25, -0.2) is 0 Å². The smallest absolute Gasteiger partial charge is 0.321 e. The van der Waals surface area contributed by atoms with E-state index < -0.39 is 26.4 Å². The zero-order valence-electron chi connectivity index (χ0n) is 32.7. The molecule has 0 heterocycles. The minimum Gasteiger partial charge on any atom is -0.595 e. The summed E-state index contributed by atoms with van der Waals surface area (Å²) in [6.07, 6.45) is 28.3. The van der Waals surface area contributed by atoms with Crippen molar-refractivity contribution < 1.29 is 18.9 Å². The fraction of sp³-hybridized carbons (Fsp3) is 0.875. The first kappa shape index (κ1) is 34.2. The Hall–Kier alpha value is -0.660. The third kappa shape index (κ3) is 4.09. The minimum atomic E-state index is -2.89. The fourth-order valence-corrected chi connectivity index (χ4v) is 26.0. The van der Waals surface area contributed by atoms with Crippen molar-refractivity contribution in [3.8, 4) is 0 Å². The van der Waals surface area contributed by atoms with Crippen molar-refractivity contribution in [3.63, 3.8) is 0 Å². The predicted molar refractivity (Wildman–Crippen MR) is 207 cm³/mol. The molecule has 0 radical (unpaired) electrons. The maximum Gasteiger partial charge on any atom is 0.321 e. The van der Waals surface area contributed by atoms with E-state index in [1.807, 2.05) is 0 Å². The van der Waals surface area contributed by atoms with E-state index in [-0.39, 0.29) is 21.7 Å². The van der Waals surface area contributed by atoms with Gasteiger partial charge in [-0.05, 0) is 225 Å². The van der Waals surface area contributed by atoms with Crippen LogP contribution in [0, 0.1) is 92.7 Å². The van der Waals surface area contributed by atoms with Crippen LogP contribution >= 0.6 is 16.1 Å². The largest absolute Gasteiger partial charge is 0.595 e. The number of hydrogen-bond acceptors (Lipinski definition) is 4. The molecule has 16 aliphatic rings. The molecule has 0 N–H and O–H groups in total. The van der Waals surface area contributed by atoms with Crippen molar-refractivity contribution in [3.05, 3.63) is 35.4 Å². The van der Waals surface area contributed by atoms with E-state index in [1.54, 1.807) is 0 Å². The van der Waals surface area contributed by atoms with Crippen molar-refractivity contribution in [2.75, 3.05) is 0 Å². The SMILES string of the molecule is O=[P+]([O-])C(c1ccccc1C([P+](=O)[O-])(C12CC3CC(CC(C3)C1)C2)C12CC3CC(CC(C3)C1)C2)(C12CC3CC(CC(C3)C1)C2)C12CC3CC(CC(C3)C1)C2. The van der Waals surface area contributed by atoms with Gasteiger partial charge in [-0.3, -0.25) is 0 Å². The second-order valence-corrected chi connectivity index (χ2v) is 26.6. The van der Waals surface area contributed by atoms with Gasteiger partial charge in [0.2, 0.25) is 0 Å². The average molecular weight is 767 g/mol. The predicted octanol–water partition coefficient (Wildman–Crippen LogP) is 11.1. The van der Waals surface area contributed by atoms with Crippen LogP contribution in [-0.2, 0) is 19.4 Å². The van der Waals surface area contributed by atoms with Gasteiger partial charge in [-0.2, -0.15) is 0 Å². The Morgan fingerprint density at radius 1 is 0.370 bits per heavy atom. The molecule has 4 nitrogen and oxygen atoms in total. The molecule has 16 aliphatic carbocycles. The van der Waals surface area contributed by atoms with Gasteiger partial charge in [0.25, 0.3) is 0 Å². The van der Waals surface area contributed by atoms with Crippen molar-refractivity contribution in [1.82, 2.24) is 0 Å². The molecule has 1 aromatic carbocycles. The Balaban J connectivity index is 1.13. The van der Waals surface area contributed by atoms with Crippen LogP contribution in [0.5, 0.6) is 0 Å². The van der Waals surface area contributed by atoms with Crippen LogP contribution in [0.3, 0.4) is 0 Å². The van der Waals surface area contributed by atoms with E-state index in [0.29, 0.717) is 71.0 Å². The lowest BCUT2D eigenvalue weighted by atomic mass is 9.35. The lowest BCUT2D eigenvalue weighted by Crippen LogP contribution is -2.68. The molecule has 16 fully saturated rings. The van der Waals surface area contributed by atoms with Crippen LogP contribution in [0.4, 0.5) is 0 Å². The highest BCUT2D eigenvalue weighted by molar-refractivity contribution is 7.38. The summed E-state index contributed by atoms with van der Waals surface area (Å²) in [5.74, 6) is 7.65. The zero-order valence-corrected chi connectivity index (χ0v) is 34.5. The molecule has 6 heteroatoms. The normalized spacial score (nSPS) is 55.2.